The molecule has 0 aliphatic carbocycles. The first kappa shape index (κ1) is 19.7. The molecule has 0 aromatic heterocycles. The first-order valence-corrected chi connectivity index (χ1v) is 10.5. The quantitative estimate of drug-likeness (QED) is 0.176. The van der Waals surface area contributed by atoms with E-state index in [0.29, 0.717) is 11.3 Å². The zero-order valence-corrected chi connectivity index (χ0v) is 17.7. The molecular weight excluding hydrogens is 394 g/mol. The minimum absolute atomic E-state index is 0.386. The van der Waals surface area contributed by atoms with E-state index in [4.69, 9.17) is 9.73 Å². The molecule has 5 aromatic rings. The highest BCUT2D eigenvalue weighted by Crippen LogP contribution is 2.29. The fourth-order valence-corrected chi connectivity index (χ4v) is 3.90. The molecule has 0 amide bonds. The van der Waals surface area contributed by atoms with Gasteiger partial charge >= 0.3 is 5.97 Å². The minimum Gasteiger partial charge on any atom is -0.422 e. The van der Waals surface area contributed by atoms with Crippen LogP contribution in [0.3, 0.4) is 0 Å². The number of para-hydroxylation sites is 1. The first-order valence-electron chi connectivity index (χ1n) is 10.5. The number of fused-ring (bicyclic) bond motifs is 2. The van der Waals surface area contributed by atoms with Crippen molar-refractivity contribution in [3.8, 4) is 5.75 Å². The van der Waals surface area contributed by atoms with Gasteiger partial charge in [0.15, 0.2) is 0 Å². The van der Waals surface area contributed by atoms with Crippen LogP contribution in [0.1, 0.15) is 21.5 Å². The third-order valence-electron chi connectivity index (χ3n) is 5.59. The molecule has 0 aliphatic rings. The fourth-order valence-electron chi connectivity index (χ4n) is 3.90. The molecule has 0 unspecified atom stereocenters. The predicted octanol–water partition coefficient (Wildman–Crippen LogP) is 7.27. The van der Waals surface area contributed by atoms with Gasteiger partial charge in [0.05, 0.1) is 11.3 Å². The zero-order valence-electron chi connectivity index (χ0n) is 17.7. The van der Waals surface area contributed by atoms with Crippen LogP contribution in [-0.4, -0.2) is 12.2 Å². The molecule has 5 aromatic carbocycles. The fraction of sp³-hybridized carbons (Fsp3) is 0.0345. The van der Waals surface area contributed by atoms with Crippen molar-refractivity contribution in [1.29, 1.82) is 0 Å². The number of nitrogens with zero attached hydrogens (tertiary/aromatic N) is 1. The molecule has 3 heteroatoms. The van der Waals surface area contributed by atoms with Crippen molar-refractivity contribution in [1.82, 2.24) is 0 Å². The second kappa shape index (κ2) is 8.48. The van der Waals surface area contributed by atoms with Crippen LogP contribution in [0.15, 0.2) is 108 Å². The van der Waals surface area contributed by atoms with Crippen molar-refractivity contribution in [2.75, 3.05) is 0 Å². The number of aliphatic imine (C=N–C) groups is 1. The van der Waals surface area contributed by atoms with Gasteiger partial charge in [-0.05, 0) is 52.2 Å². The Morgan fingerprint density at radius 2 is 1.38 bits per heavy atom. The maximum atomic E-state index is 13.2. The van der Waals surface area contributed by atoms with E-state index >= 15 is 0 Å². The van der Waals surface area contributed by atoms with Gasteiger partial charge in [-0.3, -0.25) is 4.99 Å². The molecule has 154 valence electrons. The Kier molecular flexibility index (Phi) is 5.22. The summed E-state index contributed by atoms with van der Waals surface area (Å²) in [6.07, 6.45) is 1.79. The Morgan fingerprint density at radius 1 is 0.719 bits per heavy atom. The molecule has 0 spiro atoms. The molecular formula is C29H21NO2. The molecule has 0 heterocycles. The lowest BCUT2D eigenvalue weighted by molar-refractivity contribution is 0.0737. The van der Waals surface area contributed by atoms with Crippen LogP contribution < -0.4 is 4.74 Å². The van der Waals surface area contributed by atoms with Gasteiger partial charge in [-0.2, -0.15) is 0 Å². The Morgan fingerprint density at radius 3 is 2.19 bits per heavy atom. The number of hydrogen-bond acceptors (Lipinski definition) is 3. The maximum absolute atomic E-state index is 13.2. The number of hydrogen-bond donors (Lipinski definition) is 0. The van der Waals surface area contributed by atoms with Gasteiger partial charge in [-0.1, -0.05) is 84.9 Å². The van der Waals surface area contributed by atoms with Gasteiger partial charge < -0.3 is 4.74 Å². The molecule has 0 bridgehead atoms. The summed E-state index contributed by atoms with van der Waals surface area (Å²) in [6.45, 7) is 2.03. The number of esters is 1. The molecule has 0 saturated heterocycles. The number of aryl methyl sites for hydroxylation is 1. The summed E-state index contributed by atoms with van der Waals surface area (Å²) in [5.41, 5.74) is 3.28. The standard InChI is InChI=1S/C29H21NO2/c1-20-9-2-7-16-27(20)30-19-26-24-14-6-4-11-22(24)17-18-28(26)32-29(31)25-15-8-12-21-10-3-5-13-23(21)25/h2-19H,1H3. The molecule has 0 atom stereocenters. The van der Waals surface area contributed by atoms with Crippen molar-refractivity contribution in [2.45, 2.75) is 6.92 Å². The Hall–Kier alpha value is -4.24. The normalized spacial score (nSPS) is 11.3. The predicted molar refractivity (Wildman–Crippen MR) is 131 cm³/mol. The molecule has 0 fully saturated rings. The van der Waals surface area contributed by atoms with Gasteiger partial charge in [0.25, 0.3) is 0 Å². The smallest absolute Gasteiger partial charge is 0.344 e. The number of carbonyl (C=O) groups is 1. The highest BCUT2D eigenvalue weighted by atomic mass is 16.5. The largest absolute Gasteiger partial charge is 0.422 e. The van der Waals surface area contributed by atoms with Crippen molar-refractivity contribution < 1.29 is 9.53 Å². The number of benzene rings is 5. The van der Waals surface area contributed by atoms with Crippen LogP contribution in [0.2, 0.25) is 0 Å². The summed E-state index contributed by atoms with van der Waals surface area (Å²) in [5.74, 6) is 0.0987. The van der Waals surface area contributed by atoms with Crippen molar-refractivity contribution in [2.24, 2.45) is 4.99 Å². The average Bonchev–Trinajstić information content (AvgIpc) is 2.83. The van der Waals surface area contributed by atoms with Gasteiger partial charge in [0.2, 0.25) is 0 Å². The van der Waals surface area contributed by atoms with Crippen molar-refractivity contribution >= 4 is 39.4 Å². The molecule has 0 radical (unpaired) electrons. The monoisotopic (exact) mass is 415 g/mol. The van der Waals surface area contributed by atoms with E-state index in [0.717, 1.165) is 38.4 Å². The maximum Gasteiger partial charge on any atom is 0.344 e. The third kappa shape index (κ3) is 3.77. The SMILES string of the molecule is Cc1ccccc1N=Cc1c(OC(=O)c2cccc3ccccc23)ccc2ccccc12. The van der Waals surface area contributed by atoms with Crippen LogP contribution in [0, 0.1) is 6.92 Å². The summed E-state index contributed by atoms with van der Waals surface area (Å²) in [5, 5.41) is 3.91. The summed E-state index contributed by atoms with van der Waals surface area (Å²) < 4.78 is 5.94. The van der Waals surface area contributed by atoms with Crippen LogP contribution in [0.25, 0.3) is 21.5 Å². The van der Waals surface area contributed by atoms with Crippen LogP contribution in [0.4, 0.5) is 5.69 Å². The highest BCUT2D eigenvalue weighted by molar-refractivity contribution is 6.07. The average molecular weight is 415 g/mol. The molecule has 5 rings (SSSR count). The number of carbonyl (C=O) groups excluding carboxylic acids is 1. The van der Waals surface area contributed by atoms with E-state index in [9.17, 15) is 4.79 Å². The Labute approximate surface area is 186 Å². The number of rotatable bonds is 4. The van der Waals surface area contributed by atoms with Crippen LogP contribution >= 0.6 is 0 Å². The zero-order chi connectivity index (χ0) is 21.9. The van der Waals surface area contributed by atoms with E-state index in [1.54, 1.807) is 12.3 Å². The molecule has 3 nitrogen and oxygen atoms in total. The van der Waals surface area contributed by atoms with E-state index < -0.39 is 0 Å². The topological polar surface area (TPSA) is 38.7 Å². The molecule has 0 N–H and O–H groups in total. The molecule has 0 saturated carbocycles. The van der Waals surface area contributed by atoms with Gasteiger partial charge in [-0.15, -0.1) is 0 Å². The molecule has 32 heavy (non-hydrogen) atoms. The van der Waals surface area contributed by atoms with E-state index in [2.05, 4.69) is 0 Å². The first-order chi connectivity index (χ1) is 15.7. The third-order valence-corrected chi connectivity index (χ3v) is 5.59. The van der Waals surface area contributed by atoms with Gasteiger partial charge in [0, 0.05) is 11.8 Å². The lowest BCUT2D eigenvalue weighted by atomic mass is 10.0. The second-order valence-electron chi connectivity index (χ2n) is 7.66. The summed E-state index contributed by atoms with van der Waals surface area (Å²) in [7, 11) is 0. The van der Waals surface area contributed by atoms with Crippen LogP contribution in [0.5, 0.6) is 5.75 Å². The highest BCUT2D eigenvalue weighted by Gasteiger charge is 2.15. The van der Waals surface area contributed by atoms with Crippen LogP contribution in [-0.2, 0) is 0 Å². The van der Waals surface area contributed by atoms with E-state index in [1.165, 1.54) is 0 Å². The summed E-state index contributed by atoms with van der Waals surface area (Å²) in [4.78, 5) is 17.9. The lowest BCUT2D eigenvalue weighted by Crippen LogP contribution is -2.10. The van der Waals surface area contributed by atoms with Crippen molar-refractivity contribution in [3.63, 3.8) is 0 Å². The van der Waals surface area contributed by atoms with Gasteiger partial charge in [0.1, 0.15) is 5.75 Å². The summed E-state index contributed by atoms with van der Waals surface area (Å²) in [6, 6.07) is 33.2. The Balaban J connectivity index is 1.59. The molecule has 0 aliphatic heterocycles. The minimum atomic E-state index is -0.386. The number of ether oxygens (including phenoxy) is 1. The van der Waals surface area contributed by atoms with E-state index in [1.807, 2.05) is 104 Å². The Bertz CT molecular complexity index is 1480. The lowest BCUT2D eigenvalue weighted by Gasteiger charge is -2.12. The summed E-state index contributed by atoms with van der Waals surface area (Å²) >= 11 is 0. The van der Waals surface area contributed by atoms with Crippen molar-refractivity contribution in [3.05, 3.63) is 120 Å². The van der Waals surface area contributed by atoms with Gasteiger partial charge in [-0.25, -0.2) is 4.79 Å². The second-order valence-corrected chi connectivity index (χ2v) is 7.66. The van der Waals surface area contributed by atoms with E-state index in [-0.39, 0.29) is 5.97 Å².